The van der Waals surface area contributed by atoms with Gasteiger partial charge in [-0.15, -0.1) is 0 Å². The molecule has 0 radical (unpaired) electrons. The highest BCUT2D eigenvalue weighted by Gasteiger charge is 2.30. The molecule has 2 aromatic carbocycles. The van der Waals surface area contributed by atoms with Crippen LogP contribution in [0.4, 0.5) is 10.1 Å². The summed E-state index contributed by atoms with van der Waals surface area (Å²) in [6.07, 6.45) is 3.81. The van der Waals surface area contributed by atoms with Crippen molar-refractivity contribution in [2.75, 3.05) is 25.5 Å². The molecule has 6 rings (SSSR count). The second-order valence-electron chi connectivity index (χ2n) is 10.6. The maximum atomic E-state index is 15.9. The molecule has 9 nitrogen and oxygen atoms in total. The van der Waals surface area contributed by atoms with Gasteiger partial charge in [0.05, 0.1) is 36.3 Å². The summed E-state index contributed by atoms with van der Waals surface area (Å²) in [5, 5.41) is 31.3. The Labute approximate surface area is 231 Å². The average Bonchev–Trinajstić information content (AvgIpc) is 3.60. The summed E-state index contributed by atoms with van der Waals surface area (Å²) in [6.45, 7) is 0.621. The summed E-state index contributed by atoms with van der Waals surface area (Å²) in [7, 11) is 1.60. The molecular formula is C30H32FN5O4. The topological polar surface area (TPSA) is 124 Å². The minimum absolute atomic E-state index is 0.0492. The zero-order chi connectivity index (χ0) is 27.8. The van der Waals surface area contributed by atoms with E-state index in [2.05, 4.69) is 20.5 Å². The van der Waals surface area contributed by atoms with Gasteiger partial charge in [-0.05, 0) is 68.0 Å². The van der Waals surface area contributed by atoms with E-state index in [1.807, 2.05) is 30.3 Å². The zero-order valence-electron chi connectivity index (χ0n) is 22.2. The lowest BCUT2D eigenvalue weighted by atomic mass is 9.92. The lowest BCUT2D eigenvalue weighted by Gasteiger charge is -2.28. The number of rotatable bonds is 6. The monoisotopic (exact) mass is 545 g/mol. The number of methoxy groups -OCH3 is 1. The van der Waals surface area contributed by atoms with Crippen LogP contribution in [0, 0.1) is 5.82 Å². The number of aliphatic hydroxyl groups excluding tert-OH is 2. The standard InChI is InChI=1S/C30H32FN5O4/c1-40-26-5-3-2-4-22(26)27-23-13-18(15-32-29(23)35-34-27)17-12-24(30(39)36-11-10-21(38)16-36)28(25(31)14-17)33-19-6-8-20(37)9-7-19/h2-5,12-15,19-21,33,37-38H,6-11,16H2,1H3,(H,32,34,35). The number of fused-ring (bicyclic) bond motifs is 1. The van der Waals surface area contributed by atoms with Crippen molar-refractivity contribution >= 4 is 22.6 Å². The second-order valence-corrected chi connectivity index (χ2v) is 10.6. The number of amides is 1. The molecule has 4 N–H and O–H groups in total. The molecule has 1 saturated heterocycles. The van der Waals surface area contributed by atoms with Crippen LogP contribution >= 0.6 is 0 Å². The van der Waals surface area contributed by atoms with E-state index in [-0.39, 0.29) is 35.8 Å². The number of β-amino-alcohol motifs (C(OH)–C–C–N with tert-alkyl or cyclic N) is 1. The predicted molar refractivity (Wildman–Crippen MR) is 150 cm³/mol. The Morgan fingerprint density at radius 1 is 1.07 bits per heavy atom. The Hall–Kier alpha value is -4.02. The minimum atomic E-state index is -0.589. The normalized spacial score (nSPS) is 21.1. The summed E-state index contributed by atoms with van der Waals surface area (Å²) in [5.41, 5.74) is 3.56. The van der Waals surface area contributed by atoms with Crippen LogP contribution < -0.4 is 10.1 Å². The number of para-hydroxylation sites is 1. The first-order valence-electron chi connectivity index (χ1n) is 13.6. The molecular weight excluding hydrogens is 513 g/mol. The number of H-pyrrole nitrogens is 1. The van der Waals surface area contributed by atoms with Crippen molar-refractivity contribution in [3.8, 4) is 28.1 Å². The molecule has 2 aromatic heterocycles. The fourth-order valence-electron chi connectivity index (χ4n) is 5.72. The zero-order valence-corrected chi connectivity index (χ0v) is 22.2. The Kier molecular flexibility index (Phi) is 7.12. The van der Waals surface area contributed by atoms with Crippen LogP contribution in [0.2, 0.25) is 0 Å². The molecule has 10 heteroatoms. The number of ether oxygens (including phenoxy) is 1. The van der Waals surface area contributed by atoms with Crippen LogP contribution in [0.25, 0.3) is 33.4 Å². The van der Waals surface area contributed by atoms with Crippen molar-refractivity contribution in [1.29, 1.82) is 0 Å². The van der Waals surface area contributed by atoms with Crippen molar-refractivity contribution in [2.45, 2.75) is 50.4 Å². The Morgan fingerprint density at radius 3 is 2.62 bits per heavy atom. The lowest BCUT2D eigenvalue weighted by Crippen LogP contribution is -2.33. The fraction of sp³-hybridized carbons (Fsp3) is 0.367. The molecule has 2 fully saturated rings. The van der Waals surface area contributed by atoms with Crippen LogP contribution in [0.1, 0.15) is 42.5 Å². The minimum Gasteiger partial charge on any atom is -0.496 e. The Balaban J connectivity index is 1.42. The number of benzene rings is 2. The van der Waals surface area contributed by atoms with Gasteiger partial charge in [-0.3, -0.25) is 9.89 Å². The highest BCUT2D eigenvalue weighted by atomic mass is 19.1. The molecule has 0 bridgehead atoms. The number of carbonyl (C=O) groups excluding carboxylic acids is 1. The van der Waals surface area contributed by atoms with Crippen molar-refractivity contribution < 1.29 is 24.1 Å². The highest BCUT2D eigenvalue weighted by Crippen LogP contribution is 2.36. The molecule has 2 aliphatic rings. The third-order valence-electron chi connectivity index (χ3n) is 7.94. The van der Waals surface area contributed by atoms with Crippen LogP contribution in [0.15, 0.2) is 48.7 Å². The number of nitrogens with one attached hydrogen (secondary N) is 2. The van der Waals surface area contributed by atoms with Crippen molar-refractivity contribution in [2.24, 2.45) is 0 Å². The quantitative estimate of drug-likeness (QED) is 0.284. The maximum absolute atomic E-state index is 15.9. The maximum Gasteiger partial charge on any atom is 0.256 e. The van der Waals surface area contributed by atoms with E-state index in [1.165, 1.54) is 6.07 Å². The molecule has 3 heterocycles. The lowest BCUT2D eigenvalue weighted by molar-refractivity contribution is 0.0765. The van der Waals surface area contributed by atoms with Gasteiger partial charge in [-0.2, -0.15) is 5.10 Å². The van der Waals surface area contributed by atoms with Crippen LogP contribution in [-0.4, -0.2) is 74.7 Å². The molecule has 208 valence electrons. The van der Waals surface area contributed by atoms with Crippen LogP contribution in [-0.2, 0) is 0 Å². The molecule has 1 unspecified atom stereocenters. The summed E-state index contributed by atoms with van der Waals surface area (Å²) >= 11 is 0. The van der Waals surface area contributed by atoms with Gasteiger partial charge in [0.2, 0.25) is 0 Å². The van der Waals surface area contributed by atoms with Crippen molar-refractivity contribution in [3.05, 3.63) is 60.0 Å². The van der Waals surface area contributed by atoms with Crippen molar-refractivity contribution in [3.63, 3.8) is 0 Å². The highest BCUT2D eigenvalue weighted by molar-refractivity contribution is 6.02. The second kappa shape index (κ2) is 10.9. The number of carbonyl (C=O) groups is 1. The summed E-state index contributed by atoms with van der Waals surface area (Å²) in [6, 6.07) is 12.5. The molecule has 1 atom stereocenters. The smallest absolute Gasteiger partial charge is 0.256 e. The third-order valence-corrected chi connectivity index (χ3v) is 7.94. The molecule has 1 aliphatic heterocycles. The number of hydrogen-bond acceptors (Lipinski definition) is 7. The number of nitrogens with zero attached hydrogens (tertiary/aromatic N) is 3. The Morgan fingerprint density at radius 2 is 1.88 bits per heavy atom. The van der Waals surface area contributed by atoms with E-state index in [1.54, 1.807) is 24.3 Å². The third kappa shape index (κ3) is 5.00. The summed E-state index contributed by atoms with van der Waals surface area (Å²) in [5.74, 6) is -0.192. The SMILES string of the molecule is COc1ccccc1-c1[nH]nc2ncc(-c3cc(F)c(NC4CCC(O)CC4)c(C(=O)N4CCC(O)C4)c3)cc12. The number of aliphatic hydroxyl groups is 2. The van der Waals surface area contributed by atoms with Gasteiger partial charge < -0.3 is 25.2 Å². The Bertz CT molecular complexity index is 1550. The molecule has 1 saturated carbocycles. The van der Waals surface area contributed by atoms with Gasteiger partial charge in [0.1, 0.15) is 11.6 Å². The van der Waals surface area contributed by atoms with E-state index in [4.69, 9.17) is 4.74 Å². The number of pyridine rings is 1. The molecule has 0 spiro atoms. The van der Waals surface area contributed by atoms with E-state index in [0.29, 0.717) is 61.2 Å². The largest absolute Gasteiger partial charge is 0.496 e. The van der Waals surface area contributed by atoms with E-state index in [0.717, 1.165) is 16.6 Å². The van der Waals surface area contributed by atoms with Gasteiger partial charge in [0.25, 0.3) is 5.91 Å². The number of aromatic nitrogens is 3. The van der Waals surface area contributed by atoms with E-state index >= 15 is 4.39 Å². The number of likely N-dealkylation sites (tertiary alicyclic amines) is 1. The van der Waals surface area contributed by atoms with Gasteiger partial charge in [-0.1, -0.05) is 12.1 Å². The summed E-state index contributed by atoms with van der Waals surface area (Å²) < 4.78 is 21.4. The van der Waals surface area contributed by atoms with Crippen LogP contribution in [0.5, 0.6) is 5.75 Å². The van der Waals surface area contributed by atoms with Gasteiger partial charge >= 0.3 is 0 Å². The fourth-order valence-corrected chi connectivity index (χ4v) is 5.72. The first-order chi connectivity index (χ1) is 19.4. The number of aromatic amines is 1. The number of anilines is 1. The number of halogens is 1. The van der Waals surface area contributed by atoms with E-state index < -0.39 is 11.9 Å². The first kappa shape index (κ1) is 26.2. The van der Waals surface area contributed by atoms with Gasteiger partial charge in [0.15, 0.2) is 5.65 Å². The van der Waals surface area contributed by atoms with Crippen LogP contribution in [0.3, 0.4) is 0 Å². The predicted octanol–water partition coefficient (Wildman–Crippen LogP) is 4.36. The van der Waals surface area contributed by atoms with E-state index in [9.17, 15) is 15.0 Å². The number of hydrogen-bond donors (Lipinski definition) is 4. The van der Waals surface area contributed by atoms with Crippen molar-refractivity contribution in [1.82, 2.24) is 20.1 Å². The first-order valence-corrected chi connectivity index (χ1v) is 13.6. The molecule has 40 heavy (non-hydrogen) atoms. The molecule has 1 amide bonds. The molecule has 4 aromatic rings. The average molecular weight is 546 g/mol. The summed E-state index contributed by atoms with van der Waals surface area (Å²) in [4.78, 5) is 19.7. The van der Waals surface area contributed by atoms with Gasteiger partial charge in [-0.25, -0.2) is 9.37 Å². The van der Waals surface area contributed by atoms with Gasteiger partial charge in [0, 0.05) is 41.8 Å². The molecule has 1 aliphatic carbocycles.